The summed E-state index contributed by atoms with van der Waals surface area (Å²) in [6, 6.07) is 11.2. The second-order valence-electron chi connectivity index (χ2n) is 10.0. The van der Waals surface area contributed by atoms with Crippen LogP contribution in [0.4, 0.5) is 10.7 Å². The fraction of sp³-hybridized carbons (Fsp3) is 0.379. The van der Waals surface area contributed by atoms with E-state index in [2.05, 4.69) is 15.5 Å². The second kappa shape index (κ2) is 12.5. The van der Waals surface area contributed by atoms with E-state index < -0.39 is 15.9 Å². The van der Waals surface area contributed by atoms with Gasteiger partial charge in [-0.2, -0.15) is 4.31 Å². The van der Waals surface area contributed by atoms with Crippen LogP contribution in [-0.2, 0) is 22.9 Å². The van der Waals surface area contributed by atoms with E-state index in [0.29, 0.717) is 48.2 Å². The van der Waals surface area contributed by atoms with Crippen molar-refractivity contribution in [2.75, 3.05) is 50.5 Å². The Morgan fingerprint density at radius 3 is 2.37 bits per heavy atom. The Balaban J connectivity index is 1.41. The molecule has 2 aliphatic rings. The molecule has 12 heteroatoms. The first-order chi connectivity index (χ1) is 19.7. The molecule has 218 valence electrons. The molecule has 2 amide bonds. The van der Waals surface area contributed by atoms with E-state index >= 15 is 0 Å². The lowest BCUT2D eigenvalue weighted by Gasteiger charge is -2.33. The van der Waals surface area contributed by atoms with Gasteiger partial charge in [-0.25, -0.2) is 8.42 Å². The van der Waals surface area contributed by atoms with Gasteiger partial charge in [0.2, 0.25) is 10.0 Å². The predicted molar refractivity (Wildman–Crippen MR) is 162 cm³/mol. The van der Waals surface area contributed by atoms with Gasteiger partial charge < -0.3 is 20.3 Å². The van der Waals surface area contributed by atoms with Crippen molar-refractivity contribution in [2.24, 2.45) is 0 Å². The number of carbonyl (C=O) groups excluding carboxylic acids is 2. The molecule has 0 unspecified atom stereocenters. The van der Waals surface area contributed by atoms with Crippen LogP contribution < -0.4 is 15.4 Å². The molecule has 0 saturated carbocycles. The number of fused-ring (bicyclic) bond motifs is 1. The molecule has 0 radical (unpaired) electrons. The van der Waals surface area contributed by atoms with Crippen LogP contribution in [0.25, 0.3) is 0 Å². The minimum absolute atomic E-state index is 0.0138. The maximum atomic E-state index is 13.5. The van der Waals surface area contributed by atoms with Gasteiger partial charge in [-0.3, -0.25) is 9.59 Å². The van der Waals surface area contributed by atoms with E-state index in [-0.39, 0.29) is 21.4 Å². The third kappa shape index (κ3) is 6.29. The summed E-state index contributed by atoms with van der Waals surface area (Å²) in [7, 11) is -2.23. The number of nitrogens with zero attached hydrogens (tertiary/aromatic N) is 2. The third-order valence-electron chi connectivity index (χ3n) is 7.57. The number of ether oxygens (including phenoxy) is 1. The lowest BCUT2D eigenvalue weighted by atomic mass is 9.95. The third-order valence-corrected chi connectivity index (χ3v) is 11.0. The summed E-state index contributed by atoms with van der Waals surface area (Å²) in [5.41, 5.74) is 2.01. The first-order valence-corrected chi connectivity index (χ1v) is 16.3. The van der Waals surface area contributed by atoms with E-state index in [1.165, 1.54) is 33.8 Å². The molecule has 2 aromatic carbocycles. The number of halogens is 1. The van der Waals surface area contributed by atoms with Crippen molar-refractivity contribution in [2.45, 2.75) is 37.5 Å². The van der Waals surface area contributed by atoms with Gasteiger partial charge in [0.1, 0.15) is 10.8 Å². The standard InChI is InChI=1S/C29H33ClN4O5S2/c1-3-33-14-16-34(17-15-33)41(37,38)21-12-13-24(30)23(18-21)27(35)32-29-26(22-6-4-5-7-25(22)40-29)28(36)31-19-8-10-20(39-2)11-9-19/h8-13,18H,3-7,14-17H2,1-2H3,(H,31,36)(H,32,35). The van der Waals surface area contributed by atoms with E-state index in [9.17, 15) is 18.0 Å². The van der Waals surface area contributed by atoms with Gasteiger partial charge in [0.05, 0.1) is 28.2 Å². The quantitative estimate of drug-likeness (QED) is 0.364. The number of rotatable bonds is 8. The average molecular weight is 617 g/mol. The van der Waals surface area contributed by atoms with Crippen LogP contribution in [0.15, 0.2) is 47.4 Å². The molecular formula is C29H33ClN4O5S2. The zero-order chi connectivity index (χ0) is 29.1. The van der Waals surface area contributed by atoms with Crippen LogP contribution in [0.1, 0.15) is 50.9 Å². The number of hydrogen-bond acceptors (Lipinski definition) is 7. The smallest absolute Gasteiger partial charge is 0.258 e. The molecule has 1 aromatic heterocycles. The highest BCUT2D eigenvalue weighted by Gasteiger charge is 2.30. The number of piperazine rings is 1. The predicted octanol–water partition coefficient (Wildman–Crippen LogP) is 5.12. The number of methoxy groups -OCH3 is 1. The number of sulfonamides is 1. The molecule has 5 rings (SSSR count). The number of thiophene rings is 1. The summed E-state index contributed by atoms with van der Waals surface area (Å²) in [5.74, 6) is -0.216. The van der Waals surface area contributed by atoms with Gasteiger partial charge >= 0.3 is 0 Å². The number of likely N-dealkylation sites (N-methyl/N-ethyl adjacent to an activating group) is 1. The van der Waals surface area contributed by atoms with Crippen LogP contribution >= 0.6 is 22.9 Å². The number of nitrogens with one attached hydrogen (secondary N) is 2. The normalized spacial score (nSPS) is 16.2. The molecule has 1 fully saturated rings. The van der Waals surface area contributed by atoms with Crippen LogP contribution in [-0.4, -0.2) is 69.3 Å². The Hall–Kier alpha value is -2.96. The first kappa shape index (κ1) is 29.5. The summed E-state index contributed by atoms with van der Waals surface area (Å²) >= 11 is 7.79. The molecule has 2 heterocycles. The minimum atomic E-state index is -3.81. The molecule has 1 aliphatic carbocycles. The fourth-order valence-electron chi connectivity index (χ4n) is 5.21. The summed E-state index contributed by atoms with van der Waals surface area (Å²) < 4.78 is 33.4. The molecule has 0 atom stereocenters. The first-order valence-electron chi connectivity index (χ1n) is 13.6. The van der Waals surface area contributed by atoms with Crippen molar-refractivity contribution in [3.05, 3.63) is 69.1 Å². The SMILES string of the molecule is CCN1CCN(S(=O)(=O)c2ccc(Cl)c(C(=O)Nc3sc4c(c3C(=O)Nc3ccc(OC)cc3)CCCC4)c2)CC1. The zero-order valence-corrected chi connectivity index (χ0v) is 25.4. The Morgan fingerprint density at radius 1 is 0.976 bits per heavy atom. The lowest BCUT2D eigenvalue weighted by molar-refractivity contribution is 0.102. The Kier molecular flexibility index (Phi) is 9.00. The van der Waals surface area contributed by atoms with Crippen molar-refractivity contribution in [3.8, 4) is 5.75 Å². The number of amides is 2. The molecule has 9 nitrogen and oxygen atoms in total. The Bertz CT molecular complexity index is 1550. The number of hydrogen-bond donors (Lipinski definition) is 2. The molecule has 3 aromatic rings. The van der Waals surface area contributed by atoms with Crippen molar-refractivity contribution >= 4 is 55.5 Å². The van der Waals surface area contributed by atoms with Gasteiger partial charge in [0.15, 0.2) is 0 Å². The van der Waals surface area contributed by atoms with Crippen molar-refractivity contribution < 1.29 is 22.7 Å². The fourth-order valence-corrected chi connectivity index (χ4v) is 8.14. The Labute approximate surface area is 249 Å². The van der Waals surface area contributed by atoms with Crippen LogP contribution in [0, 0.1) is 0 Å². The zero-order valence-electron chi connectivity index (χ0n) is 23.0. The number of benzene rings is 2. The van der Waals surface area contributed by atoms with Crippen LogP contribution in [0.5, 0.6) is 5.75 Å². The summed E-state index contributed by atoms with van der Waals surface area (Å²) in [4.78, 5) is 30.3. The summed E-state index contributed by atoms with van der Waals surface area (Å²) in [5, 5.41) is 6.36. The van der Waals surface area contributed by atoms with Crippen molar-refractivity contribution in [1.82, 2.24) is 9.21 Å². The Morgan fingerprint density at radius 2 is 1.68 bits per heavy atom. The maximum Gasteiger partial charge on any atom is 0.258 e. The number of carbonyl (C=O) groups is 2. The highest BCUT2D eigenvalue weighted by Crippen LogP contribution is 2.39. The molecule has 0 spiro atoms. The molecule has 1 aliphatic heterocycles. The van der Waals surface area contributed by atoms with Gasteiger partial charge in [0, 0.05) is 36.7 Å². The highest BCUT2D eigenvalue weighted by atomic mass is 35.5. The summed E-state index contributed by atoms with van der Waals surface area (Å²) in [6.07, 6.45) is 3.54. The lowest BCUT2D eigenvalue weighted by Crippen LogP contribution is -2.48. The van der Waals surface area contributed by atoms with Gasteiger partial charge in [-0.05, 0) is 80.3 Å². The molecule has 0 bridgehead atoms. The maximum absolute atomic E-state index is 13.5. The van der Waals surface area contributed by atoms with Gasteiger partial charge in [-0.15, -0.1) is 11.3 Å². The second-order valence-corrected chi connectivity index (χ2v) is 13.5. The number of anilines is 2. The molecular weight excluding hydrogens is 584 g/mol. The topological polar surface area (TPSA) is 108 Å². The highest BCUT2D eigenvalue weighted by molar-refractivity contribution is 7.89. The van der Waals surface area contributed by atoms with Crippen LogP contribution in [0.2, 0.25) is 5.02 Å². The van der Waals surface area contributed by atoms with Crippen LogP contribution in [0.3, 0.4) is 0 Å². The molecule has 2 N–H and O–H groups in total. The monoisotopic (exact) mass is 616 g/mol. The van der Waals surface area contributed by atoms with E-state index in [1.54, 1.807) is 31.4 Å². The average Bonchev–Trinajstić information content (AvgIpc) is 3.35. The van der Waals surface area contributed by atoms with E-state index in [4.69, 9.17) is 16.3 Å². The van der Waals surface area contributed by atoms with E-state index in [1.807, 2.05) is 6.92 Å². The largest absolute Gasteiger partial charge is 0.497 e. The number of aryl methyl sites for hydroxylation is 1. The molecule has 41 heavy (non-hydrogen) atoms. The van der Waals surface area contributed by atoms with Crippen molar-refractivity contribution in [1.29, 1.82) is 0 Å². The van der Waals surface area contributed by atoms with Crippen molar-refractivity contribution in [3.63, 3.8) is 0 Å². The van der Waals surface area contributed by atoms with Gasteiger partial charge in [-0.1, -0.05) is 18.5 Å². The van der Waals surface area contributed by atoms with E-state index in [0.717, 1.165) is 42.7 Å². The molecule has 1 saturated heterocycles. The van der Waals surface area contributed by atoms with Gasteiger partial charge in [0.25, 0.3) is 11.8 Å². The summed E-state index contributed by atoms with van der Waals surface area (Å²) in [6.45, 7) is 4.99. The minimum Gasteiger partial charge on any atom is -0.497 e.